The Kier molecular flexibility index (Phi) is 8.06. The van der Waals surface area contributed by atoms with Crippen molar-refractivity contribution in [2.75, 3.05) is 13.7 Å². The predicted octanol–water partition coefficient (Wildman–Crippen LogP) is 0.539. The molecule has 0 aromatic carbocycles. The second-order valence-electron chi connectivity index (χ2n) is 4.29. The van der Waals surface area contributed by atoms with Crippen molar-refractivity contribution in [1.82, 2.24) is 5.32 Å². The van der Waals surface area contributed by atoms with E-state index in [-0.39, 0.29) is 17.1 Å². The monoisotopic (exact) mass is 289 g/mol. The van der Waals surface area contributed by atoms with Crippen LogP contribution in [0.1, 0.15) is 27.2 Å². The number of hydrogen-bond donors (Lipinski definition) is 1. The zero-order chi connectivity index (χ0) is 15.0. The quantitative estimate of drug-likeness (QED) is 0.418. The lowest BCUT2D eigenvalue weighted by Crippen LogP contribution is -2.33. The first-order valence-corrected chi connectivity index (χ1v) is 6.74. The lowest BCUT2D eigenvalue weighted by atomic mass is 10.2. The van der Waals surface area contributed by atoms with Gasteiger partial charge in [-0.05, 0) is 0 Å². The van der Waals surface area contributed by atoms with Gasteiger partial charge in [0.05, 0.1) is 13.5 Å². The topological polar surface area (TPSA) is 89.5 Å². The Morgan fingerprint density at radius 3 is 2.21 bits per heavy atom. The Hall–Kier alpha value is -1.37. The summed E-state index contributed by atoms with van der Waals surface area (Å²) < 4.78 is 4.22. The second kappa shape index (κ2) is 8.68. The molecule has 108 valence electrons. The Morgan fingerprint density at radius 2 is 1.74 bits per heavy atom. The molecule has 0 bridgehead atoms. The molecule has 6 nitrogen and oxygen atoms in total. The van der Waals surface area contributed by atoms with E-state index in [2.05, 4.69) is 10.1 Å². The number of carbonyl (C=O) groups excluding carboxylic acids is 4. The summed E-state index contributed by atoms with van der Waals surface area (Å²) in [7, 11) is 1.09. The molecule has 0 aromatic rings. The van der Waals surface area contributed by atoms with Crippen molar-refractivity contribution in [3.05, 3.63) is 0 Å². The first kappa shape index (κ1) is 17.6. The first-order chi connectivity index (χ1) is 8.77. The molecule has 1 N–H and O–H groups in total. The fourth-order valence-electron chi connectivity index (χ4n) is 1.07. The molecule has 1 unspecified atom stereocenters. The van der Waals surface area contributed by atoms with Gasteiger partial charge in [0.15, 0.2) is 5.12 Å². The van der Waals surface area contributed by atoms with Crippen molar-refractivity contribution in [2.45, 2.75) is 32.4 Å². The molecule has 1 amide bonds. The second-order valence-corrected chi connectivity index (χ2v) is 5.79. The maximum absolute atomic E-state index is 11.5. The molecule has 7 heteroatoms. The van der Waals surface area contributed by atoms with Crippen LogP contribution in [0.15, 0.2) is 0 Å². The molecule has 0 rings (SSSR count). The molecule has 0 saturated carbocycles. The molecule has 0 aliphatic rings. The third-order valence-electron chi connectivity index (χ3n) is 2.14. The van der Waals surface area contributed by atoms with E-state index in [9.17, 15) is 19.2 Å². The minimum atomic E-state index is -1.02. The van der Waals surface area contributed by atoms with Crippen LogP contribution < -0.4 is 5.32 Å². The molecule has 0 radical (unpaired) electrons. The number of methoxy groups -OCH3 is 1. The molecular formula is C12H19NO5S. The highest BCUT2D eigenvalue weighted by atomic mass is 32.2. The van der Waals surface area contributed by atoms with Crippen LogP contribution in [0.5, 0.6) is 0 Å². The third-order valence-corrected chi connectivity index (χ3v) is 3.11. The molecule has 0 aliphatic heterocycles. The molecule has 1 atom stereocenters. The number of hydrogen-bond acceptors (Lipinski definition) is 6. The van der Waals surface area contributed by atoms with Crippen LogP contribution in [0.4, 0.5) is 0 Å². The SMILES string of the molecule is COC(=O)C(=O)CC(=O)SC(C)CNC(=O)C(C)C. The Balaban J connectivity index is 4.03. The molecular weight excluding hydrogens is 270 g/mol. The van der Waals surface area contributed by atoms with Gasteiger partial charge in [-0.15, -0.1) is 0 Å². The van der Waals surface area contributed by atoms with Crippen molar-refractivity contribution in [1.29, 1.82) is 0 Å². The smallest absolute Gasteiger partial charge is 0.374 e. The third kappa shape index (κ3) is 7.61. The summed E-state index contributed by atoms with van der Waals surface area (Å²) in [5.41, 5.74) is 0. The van der Waals surface area contributed by atoms with E-state index < -0.39 is 23.3 Å². The summed E-state index contributed by atoms with van der Waals surface area (Å²) in [6.45, 7) is 5.63. The Morgan fingerprint density at radius 1 is 1.16 bits per heavy atom. The van der Waals surface area contributed by atoms with E-state index in [0.29, 0.717) is 6.54 Å². The molecule has 0 aliphatic carbocycles. The summed E-state index contributed by atoms with van der Waals surface area (Å²) in [6, 6.07) is 0. The molecule has 19 heavy (non-hydrogen) atoms. The molecule has 0 heterocycles. The van der Waals surface area contributed by atoms with E-state index in [1.165, 1.54) is 0 Å². The highest BCUT2D eigenvalue weighted by Gasteiger charge is 2.20. The van der Waals surface area contributed by atoms with E-state index in [0.717, 1.165) is 18.9 Å². The van der Waals surface area contributed by atoms with Crippen LogP contribution in [0, 0.1) is 5.92 Å². The van der Waals surface area contributed by atoms with E-state index >= 15 is 0 Å². The van der Waals surface area contributed by atoms with Crippen molar-refractivity contribution in [2.24, 2.45) is 5.92 Å². The van der Waals surface area contributed by atoms with Gasteiger partial charge >= 0.3 is 5.97 Å². The van der Waals surface area contributed by atoms with Crippen LogP contribution >= 0.6 is 11.8 Å². The highest BCUT2D eigenvalue weighted by Crippen LogP contribution is 2.13. The number of nitrogens with one attached hydrogen (secondary N) is 1. The summed E-state index contributed by atoms with van der Waals surface area (Å²) in [4.78, 5) is 44.8. The Labute approximate surface area is 116 Å². The number of carbonyl (C=O) groups is 4. The zero-order valence-electron chi connectivity index (χ0n) is 11.5. The minimum Gasteiger partial charge on any atom is -0.463 e. The van der Waals surface area contributed by atoms with Crippen LogP contribution in [0.3, 0.4) is 0 Å². The van der Waals surface area contributed by atoms with Gasteiger partial charge in [-0.1, -0.05) is 32.5 Å². The maximum Gasteiger partial charge on any atom is 0.374 e. The van der Waals surface area contributed by atoms with Crippen molar-refractivity contribution < 1.29 is 23.9 Å². The number of amides is 1. The van der Waals surface area contributed by atoms with Crippen LogP contribution in [0.25, 0.3) is 0 Å². The van der Waals surface area contributed by atoms with Crippen molar-refractivity contribution in [3.8, 4) is 0 Å². The van der Waals surface area contributed by atoms with Gasteiger partial charge in [-0.25, -0.2) is 4.79 Å². The average molecular weight is 289 g/mol. The number of rotatable bonds is 7. The standard InChI is InChI=1S/C12H19NO5S/c1-7(2)11(16)13-6-8(3)19-10(15)5-9(14)12(17)18-4/h7-8H,5-6H2,1-4H3,(H,13,16). The van der Waals surface area contributed by atoms with Gasteiger partial charge in [0.1, 0.15) is 0 Å². The summed E-state index contributed by atoms with van der Waals surface area (Å²) in [6.07, 6.45) is -0.486. The van der Waals surface area contributed by atoms with Gasteiger partial charge < -0.3 is 10.1 Å². The van der Waals surface area contributed by atoms with Gasteiger partial charge in [0.25, 0.3) is 0 Å². The van der Waals surface area contributed by atoms with E-state index in [4.69, 9.17) is 0 Å². The van der Waals surface area contributed by atoms with Crippen molar-refractivity contribution >= 4 is 34.5 Å². The largest absolute Gasteiger partial charge is 0.463 e. The van der Waals surface area contributed by atoms with E-state index in [1.54, 1.807) is 20.8 Å². The number of thioether (sulfide) groups is 1. The van der Waals surface area contributed by atoms with Crippen LogP contribution in [-0.2, 0) is 23.9 Å². The lowest BCUT2D eigenvalue weighted by molar-refractivity contribution is -0.152. The van der Waals surface area contributed by atoms with Gasteiger partial charge in [0.2, 0.25) is 11.7 Å². The number of ether oxygens (including phenoxy) is 1. The van der Waals surface area contributed by atoms with Crippen LogP contribution in [-0.4, -0.2) is 41.7 Å². The summed E-state index contributed by atoms with van der Waals surface area (Å²) >= 11 is 0.927. The fourth-order valence-corrected chi connectivity index (χ4v) is 1.90. The lowest BCUT2D eigenvalue weighted by Gasteiger charge is -2.12. The summed E-state index contributed by atoms with van der Waals surface area (Å²) in [5, 5.41) is 2.10. The molecule has 0 fully saturated rings. The average Bonchev–Trinajstić information content (AvgIpc) is 2.34. The minimum absolute atomic E-state index is 0.0921. The molecule has 0 aromatic heterocycles. The fraction of sp³-hybridized carbons (Fsp3) is 0.667. The summed E-state index contributed by atoms with van der Waals surface area (Å²) in [5.74, 6) is -2.09. The van der Waals surface area contributed by atoms with E-state index in [1.807, 2.05) is 0 Å². The van der Waals surface area contributed by atoms with Crippen LogP contribution in [0.2, 0.25) is 0 Å². The number of esters is 1. The first-order valence-electron chi connectivity index (χ1n) is 5.86. The maximum atomic E-state index is 11.5. The molecule has 0 spiro atoms. The highest BCUT2D eigenvalue weighted by molar-refractivity contribution is 8.14. The van der Waals surface area contributed by atoms with Gasteiger partial charge in [0, 0.05) is 17.7 Å². The predicted molar refractivity (Wildman–Crippen MR) is 71.5 cm³/mol. The number of ketones is 1. The van der Waals surface area contributed by atoms with Gasteiger partial charge in [-0.2, -0.15) is 0 Å². The molecule has 0 saturated heterocycles. The normalized spacial score (nSPS) is 11.8. The Bertz CT molecular complexity index is 367. The number of Topliss-reactive ketones (excluding diaryl/α,β-unsaturated/α-hetero) is 1. The van der Waals surface area contributed by atoms with Gasteiger partial charge in [-0.3, -0.25) is 14.4 Å². The van der Waals surface area contributed by atoms with Crippen molar-refractivity contribution in [3.63, 3.8) is 0 Å². The zero-order valence-corrected chi connectivity index (χ0v) is 12.3.